The summed E-state index contributed by atoms with van der Waals surface area (Å²) in [4.78, 5) is 27.7. The van der Waals surface area contributed by atoms with Crippen molar-refractivity contribution in [3.63, 3.8) is 0 Å². The van der Waals surface area contributed by atoms with Gasteiger partial charge in [0.05, 0.1) is 41.7 Å². The molecular formula is C32H40N5O7PS. The summed E-state index contributed by atoms with van der Waals surface area (Å²) < 4.78 is 51.5. The minimum Gasteiger partial charge on any atom is -0.368 e. The standard InChI is InChI=1S/C32H40N5O7PS/c1-6-43-45(40,44-7-2)25-17-18-27-26(21-25)29(32(39)35-27)30(22-11-9-8-10-12-22)34-23-13-15-24(16-14-23)37(46(5,41)42)28(31(33)38)19-20-36(3)4/h8-18,21,28,34H,6-7,19-20H2,1-5H3,(H2,33,38)(H,35,39). The molecule has 46 heavy (non-hydrogen) atoms. The second-order valence-corrected chi connectivity index (χ2v) is 14.8. The van der Waals surface area contributed by atoms with Gasteiger partial charge in [0.15, 0.2) is 0 Å². The fourth-order valence-corrected chi connectivity index (χ4v) is 7.95. The summed E-state index contributed by atoms with van der Waals surface area (Å²) in [6.45, 7) is 4.25. The van der Waals surface area contributed by atoms with Crippen LogP contribution in [0.4, 0.5) is 17.1 Å². The number of carbonyl (C=O) groups is 2. The van der Waals surface area contributed by atoms with Crippen LogP contribution in [-0.2, 0) is 33.2 Å². The molecule has 0 bridgehead atoms. The lowest BCUT2D eigenvalue weighted by molar-refractivity contribution is -0.119. The lowest BCUT2D eigenvalue weighted by Gasteiger charge is -2.30. The molecule has 246 valence electrons. The van der Waals surface area contributed by atoms with Gasteiger partial charge in [0.2, 0.25) is 15.9 Å². The first-order valence-electron chi connectivity index (χ1n) is 14.7. The van der Waals surface area contributed by atoms with Crippen molar-refractivity contribution in [2.45, 2.75) is 26.3 Å². The molecule has 14 heteroatoms. The molecule has 1 aliphatic rings. The summed E-state index contributed by atoms with van der Waals surface area (Å²) in [5.41, 5.74) is 8.98. The van der Waals surface area contributed by atoms with Crippen LogP contribution >= 0.6 is 7.60 Å². The zero-order valence-electron chi connectivity index (χ0n) is 26.5. The maximum Gasteiger partial charge on any atom is 0.361 e. The fraction of sp³-hybridized carbons (Fsp3) is 0.312. The number of amides is 2. The van der Waals surface area contributed by atoms with Crippen LogP contribution in [0.2, 0.25) is 0 Å². The number of nitrogens with one attached hydrogen (secondary N) is 2. The smallest absolute Gasteiger partial charge is 0.361 e. The second kappa shape index (κ2) is 14.6. The van der Waals surface area contributed by atoms with Crippen LogP contribution < -0.4 is 26.0 Å². The summed E-state index contributed by atoms with van der Waals surface area (Å²) in [6.07, 6.45) is 1.23. The molecule has 1 heterocycles. The molecule has 1 aliphatic heterocycles. The highest BCUT2D eigenvalue weighted by molar-refractivity contribution is 7.92. The molecule has 0 fully saturated rings. The van der Waals surface area contributed by atoms with Crippen LogP contribution in [0, 0.1) is 0 Å². The third kappa shape index (κ3) is 7.86. The molecule has 0 aliphatic carbocycles. The number of sulfonamides is 1. The number of fused-ring (bicyclic) bond motifs is 1. The van der Waals surface area contributed by atoms with Crippen molar-refractivity contribution in [3.8, 4) is 0 Å². The molecule has 0 saturated heterocycles. The first-order valence-corrected chi connectivity index (χ1v) is 18.1. The summed E-state index contributed by atoms with van der Waals surface area (Å²) in [6, 6.07) is 19.5. The van der Waals surface area contributed by atoms with Crippen molar-refractivity contribution in [1.82, 2.24) is 4.90 Å². The van der Waals surface area contributed by atoms with Gasteiger partial charge in [-0.05, 0) is 82.4 Å². The molecule has 0 saturated carbocycles. The molecule has 2 amide bonds. The zero-order chi connectivity index (χ0) is 33.6. The Balaban J connectivity index is 1.80. The highest BCUT2D eigenvalue weighted by Crippen LogP contribution is 2.48. The van der Waals surface area contributed by atoms with Gasteiger partial charge in [0.25, 0.3) is 5.91 Å². The fourth-order valence-electron chi connectivity index (χ4n) is 5.18. The number of hydrogen-bond acceptors (Lipinski definition) is 9. The van der Waals surface area contributed by atoms with Gasteiger partial charge < -0.3 is 30.3 Å². The van der Waals surface area contributed by atoms with Gasteiger partial charge in [-0.1, -0.05) is 30.3 Å². The summed E-state index contributed by atoms with van der Waals surface area (Å²) in [7, 11) is -3.88. The van der Waals surface area contributed by atoms with Crippen LogP contribution in [-0.4, -0.2) is 71.3 Å². The second-order valence-electron chi connectivity index (χ2n) is 10.9. The number of hydrogen-bond donors (Lipinski definition) is 3. The number of nitrogens with zero attached hydrogens (tertiary/aromatic N) is 2. The van der Waals surface area contributed by atoms with E-state index in [-0.39, 0.29) is 31.2 Å². The molecule has 3 aromatic rings. The molecular weight excluding hydrogens is 629 g/mol. The Kier molecular flexibility index (Phi) is 11.1. The monoisotopic (exact) mass is 669 g/mol. The van der Waals surface area contributed by atoms with Crippen molar-refractivity contribution in [2.75, 3.05) is 55.0 Å². The van der Waals surface area contributed by atoms with Crippen LogP contribution in [0.3, 0.4) is 0 Å². The lowest BCUT2D eigenvalue weighted by atomic mass is 10.00. The Morgan fingerprint density at radius 1 is 1.00 bits per heavy atom. The normalized spacial score (nSPS) is 14.9. The minimum atomic E-state index is -3.88. The number of rotatable bonds is 15. The average Bonchev–Trinajstić information content (AvgIpc) is 3.33. The van der Waals surface area contributed by atoms with E-state index >= 15 is 0 Å². The SMILES string of the molecule is CCOP(=O)(OCC)c1ccc2c(c1)C(=C(Nc1ccc(N(C(CCN(C)C)C(N)=O)S(C)(=O)=O)cc1)c1ccccc1)C(=O)N2. The number of anilines is 3. The Morgan fingerprint density at radius 2 is 1.63 bits per heavy atom. The van der Waals surface area contributed by atoms with Crippen molar-refractivity contribution in [3.05, 3.63) is 83.9 Å². The summed E-state index contributed by atoms with van der Waals surface area (Å²) >= 11 is 0. The number of nitrogens with two attached hydrogens (primary N) is 1. The third-order valence-electron chi connectivity index (χ3n) is 7.18. The first kappa shape index (κ1) is 34.9. The molecule has 3 aromatic carbocycles. The van der Waals surface area contributed by atoms with Gasteiger partial charge in [-0.3, -0.25) is 18.5 Å². The van der Waals surface area contributed by atoms with Crippen LogP contribution in [0.1, 0.15) is 31.4 Å². The first-order chi connectivity index (χ1) is 21.8. The third-order valence-corrected chi connectivity index (χ3v) is 10.5. The van der Waals surface area contributed by atoms with E-state index in [9.17, 15) is 22.6 Å². The van der Waals surface area contributed by atoms with Crippen molar-refractivity contribution in [2.24, 2.45) is 5.73 Å². The average molecular weight is 670 g/mol. The maximum atomic E-state index is 13.6. The van der Waals surface area contributed by atoms with E-state index in [1.807, 2.05) is 49.3 Å². The van der Waals surface area contributed by atoms with E-state index in [4.69, 9.17) is 14.8 Å². The molecule has 4 rings (SSSR count). The molecule has 0 aromatic heterocycles. The van der Waals surface area contributed by atoms with Crippen LogP contribution in [0.15, 0.2) is 72.8 Å². The Hall–Kier alpha value is -4.00. The topological polar surface area (TPSA) is 160 Å². The zero-order valence-corrected chi connectivity index (χ0v) is 28.2. The predicted octanol–water partition coefficient (Wildman–Crippen LogP) is 4.08. The summed E-state index contributed by atoms with van der Waals surface area (Å²) in [5, 5.41) is 6.54. The van der Waals surface area contributed by atoms with E-state index < -0.39 is 29.6 Å². The van der Waals surface area contributed by atoms with Crippen molar-refractivity contribution >= 4 is 63.1 Å². The van der Waals surface area contributed by atoms with E-state index in [1.165, 1.54) is 0 Å². The van der Waals surface area contributed by atoms with Crippen molar-refractivity contribution in [1.29, 1.82) is 0 Å². The van der Waals surface area contributed by atoms with Gasteiger partial charge in [-0.25, -0.2) is 8.42 Å². The quantitative estimate of drug-likeness (QED) is 0.160. The van der Waals surface area contributed by atoms with Gasteiger partial charge in [-0.15, -0.1) is 0 Å². The molecule has 1 atom stereocenters. The predicted molar refractivity (Wildman–Crippen MR) is 182 cm³/mol. The molecule has 1 unspecified atom stereocenters. The summed E-state index contributed by atoms with van der Waals surface area (Å²) in [5.74, 6) is -1.12. The van der Waals surface area contributed by atoms with E-state index in [0.717, 1.165) is 10.6 Å². The number of primary amides is 1. The Bertz CT molecular complexity index is 1750. The van der Waals surface area contributed by atoms with Gasteiger partial charge in [-0.2, -0.15) is 0 Å². The van der Waals surface area contributed by atoms with E-state index in [1.54, 1.807) is 56.3 Å². The van der Waals surface area contributed by atoms with Gasteiger partial charge in [0.1, 0.15) is 6.04 Å². The molecule has 0 radical (unpaired) electrons. The molecule has 12 nitrogen and oxygen atoms in total. The molecule has 4 N–H and O–H groups in total. The molecule has 0 spiro atoms. The van der Waals surface area contributed by atoms with Crippen molar-refractivity contribution < 1.29 is 31.6 Å². The van der Waals surface area contributed by atoms with Crippen LogP contribution in [0.5, 0.6) is 0 Å². The Labute approximate surface area is 270 Å². The number of benzene rings is 3. The van der Waals surface area contributed by atoms with Crippen LogP contribution in [0.25, 0.3) is 11.3 Å². The highest BCUT2D eigenvalue weighted by atomic mass is 32.2. The van der Waals surface area contributed by atoms with E-state index in [0.29, 0.717) is 45.6 Å². The van der Waals surface area contributed by atoms with Gasteiger partial charge >= 0.3 is 7.60 Å². The lowest BCUT2D eigenvalue weighted by Crippen LogP contribution is -2.49. The minimum absolute atomic E-state index is 0.174. The number of carbonyl (C=O) groups excluding carboxylic acids is 2. The maximum absolute atomic E-state index is 13.6. The van der Waals surface area contributed by atoms with E-state index in [2.05, 4.69) is 10.6 Å². The largest absolute Gasteiger partial charge is 0.368 e. The highest BCUT2D eigenvalue weighted by Gasteiger charge is 2.34. The van der Waals surface area contributed by atoms with Gasteiger partial charge in [0, 0.05) is 23.5 Å². The Morgan fingerprint density at radius 3 is 2.17 bits per heavy atom.